The molecule has 0 atom stereocenters. The number of carbonyl (C=O) groups is 2. The molecule has 0 fully saturated rings. The second kappa shape index (κ2) is 6.62. The molecular formula is C16H13N3O3S. The lowest BCUT2D eigenvalue weighted by molar-refractivity contribution is -0.114. The molecule has 116 valence electrons. The Morgan fingerprint density at radius 1 is 1.22 bits per heavy atom. The van der Waals surface area contributed by atoms with Crippen molar-refractivity contribution >= 4 is 23.3 Å². The number of aromatic amines is 1. The maximum atomic E-state index is 12.1. The summed E-state index contributed by atoms with van der Waals surface area (Å²) in [7, 11) is 0. The van der Waals surface area contributed by atoms with Crippen LogP contribution in [0, 0.1) is 6.92 Å². The van der Waals surface area contributed by atoms with E-state index in [0.717, 1.165) is 4.90 Å². The number of aryl methyl sites for hydroxylation is 1. The van der Waals surface area contributed by atoms with Gasteiger partial charge in [0.15, 0.2) is 5.09 Å². The number of benzene rings is 1. The van der Waals surface area contributed by atoms with Crippen LogP contribution in [0.2, 0.25) is 0 Å². The van der Waals surface area contributed by atoms with E-state index in [-0.39, 0.29) is 12.2 Å². The highest BCUT2D eigenvalue weighted by Crippen LogP contribution is 2.31. The summed E-state index contributed by atoms with van der Waals surface area (Å²) in [5.74, 6) is -1.40. The van der Waals surface area contributed by atoms with Gasteiger partial charge in [-0.15, -0.1) is 5.10 Å². The number of Topliss-reactive ketones (excluding diaryl/α,β-unsaturated/α-hetero) is 2. The minimum atomic E-state index is -0.710. The van der Waals surface area contributed by atoms with Gasteiger partial charge in [-0.05, 0) is 25.1 Å². The van der Waals surface area contributed by atoms with Crippen molar-refractivity contribution in [2.24, 2.45) is 0 Å². The Morgan fingerprint density at radius 2 is 2.00 bits per heavy atom. The van der Waals surface area contributed by atoms with E-state index in [9.17, 15) is 9.59 Å². The normalized spacial score (nSPS) is 10.7. The predicted molar refractivity (Wildman–Crippen MR) is 83.4 cm³/mol. The number of nitrogens with one attached hydrogen (secondary N) is 1. The Balaban J connectivity index is 1.72. The largest absolute Gasteiger partial charge is 0.457 e. The third-order valence-corrected chi connectivity index (χ3v) is 4.21. The molecule has 0 bridgehead atoms. The van der Waals surface area contributed by atoms with Crippen LogP contribution in [0.15, 0.2) is 57.3 Å². The van der Waals surface area contributed by atoms with Gasteiger partial charge in [-0.3, -0.25) is 14.7 Å². The molecule has 3 rings (SSSR count). The van der Waals surface area contributed by atoms with Crippen LogP contribution in [0.5, 0.6) is 0 Å². The fourth-order valence-electron chi connectivity index (χ4n) is 1.95. The fraction of sp³-hybridized carbons (Fsp3) is 0.125. The first-order valence-corrected chi connectivity index (χ1v) is 7.69. The lowest BCUT2D eigenvalue weighted by Crippen LogP contribution is -2.18. The number of rotatable bonds is 6. The molecule has 7 heteroatoms. The number of aromatic nitrogens is 3. The van der Waals surface area contributed by atoms with Gasteiger partial charge in [0.25, 0.3) is 5.78 Å². The van der Waals surface area contributed by atoms with Gasteiger partial charge in [0.2, 0.25) is 11.6 Å². The van der Waals surface area contributed by atoms with E-state index in [1.165, 1.54) is 29.9 Å². The Bertz CT molecular complexity index is 823. The van der Waals surface area contributed by atoms with Crippen molar-refractivity contribution in [2.75, 3.05) is 0 Å². The highest BCUT2D eigenvalue weighted by Gasteiger charge is 2.22. The van der Waals surface area contributed by atoms with E-state index in [0.29, 0.717) is 10.7 Å². The summed E-state index contributed by atoms with van der Waals surface area (Å²) in [6, 6.07) is 9.66. The average molecular weight is 327 g/mol. The van der Waals surface area contributed by atoms with E-state index in [1.807, 2.05) is 31.2 Å². The highest BCUT2D eigenvalue weighted by molar-refractivity contribution is 7.99. The van der Waals surface area contributed by atoms with Gasteiger partial charge in [0.1, 0.15) is 6.33 Å². The summed E-state index contributed by atoms with van der Waals surface area (Å²) in [5, 5.41) is 6.65. The molecule has 3 aromatic rings. The summed E-state index contributed by atoms with van der Waals surface area (Å²) in [6.07, 6.45) is 2.73. The summed E-state index contributed by atoms with van der Waals surface area (Å²) >= 11 is 1.41. The minimum Gasteiger partial charge on any atom is -0.457 e. The van der Waals surface area contributed by atoms with Crippen LogP contribution >= 0.6 is 11.8 Å². The Labute approximate surface area is 136 Å². The molecular weight excluding hydrogens is 314 g/mol. The number of furan rings is 1. The Morgan fingerprint density at radius 3 is 2.70 bits per heavy atom. The fourth-order valence-corrected chi connectivity index (χ4v) is 2.81. The SMILES string of the molecule is Cc1ccc(Sc2occc2CC(=O)C(=O)c2nc[nH]n2)cc1. The summed E-state index contributed by atoms with van der Waals surface area (Å²) in [4.78, 5) is 28.7. The molecule has 0 saturated heterocycles. The lowest BCUT2D eigenvalue weighted by atomic mass is 10.1. The molecule has 1 aromatic carbocycles. The Hall–Kier alpha value is -2.67. The lowest BCUT2D eigenvalue weighted by Gasteiger charge is -2.02. The van der Waals surface area contributed by atoms with Crippen LogP contribution in [0.4, 0.5) is 0 Å². The Kier molecular flexibility index (Phi) is 4.38. The smallest absolute Gasteiger partial charge is 0.267 e. The number of nitrogens with zero attached hydrogens (tertiary/aromatic N) is 2. The third-order valence-electron chi connectivity index (χ3n) is 3.16. The van der Waals surface area contributed by atoms with Gasteiger partial charge in [-0.1, -0.05) is 29.5 Å². The number of carbonyl (C=O) groups excluding carboxylic acids is 2. The molecule has 0 amide bonds. The van der Waals surface area contributed by atoms with Gasteiger partial charge in [0.05, 0.1) is 6.26 Å². The summed E-state index contributed by atoms with van der Waals surface area (Å²) in [5.41, 5.74) is 1.84. The van der Waals surface area contributed by atoms with E-state index < -0.39 is 11.6 Å². The number of H-pyrrole nitrogens is 1. The first-order valence-electron chi connectivity index (χ1n) is 6.87. The third kappa shape index (κ3) is 3.57. The van der Waals surface area contributed by atoms with Gasteiger partial charge >= 0.3 is 0 Å². The zero-order valence-electron chi connectivity index (χ0n) is 12.3. The maximum absolute atomic E-state index is 12.1. The number of ketones is 2. The molecule has 23 heavy (non-hydrogen) atoms. The van der Waals surface area contributed by atoms with Gasteiger partial charge in [-0.25, -0.2) is 4.98 Å². The van der Waals surface area contributed by atoms with Crippen LogP contribution in [-0.2, 0) is 11.2 Å². The molecule has 0 spiro atoms. The van der Waals surface area contributed by atoms with Crippen molar-refractivity contribution in [1.29, 1.82) is 0 Å². The molecule has 2 heterocycles. The first kappa shape index (κ1) is 15.2. The van der Waals surface area contributed by atoms with Crippen LogP contribution in [-0.4, -0.2) is 26.7 Å². The molecule has 0 radical (unpaired) electrons. The van der Waals surface area contributed by atoms with E-state index >= 15 is 0 Å². The highest BCUT2D eigenvalue weighted by atomic mass is 32.2. The maximum Gasteiger partial charge on any atom is 0.267 e. The summed E-state index contributed by atoms with van der Waals surface area (Å²) in [6.45, 7) is 2.01. The van der Waals surface area contributed by atoms with E-state index in [4.69, 9.17) is 4.42 Å². The predicted octanol–water partition coefficient (Wildman–Crippen LogP) is 2.85. The van der Waals surface area contributed by atoms with Gasteiger partial charge in [-0.2, -0.15) is 0 Å². The standard InChI is InChI=1S/C16H13N3O3S/c1-10-2-4-12(5-3-10)23-16-11(6-7-22-16)8-13(20)14(21)15-17-9-18-19-15/h2-7,9H,8H2,1H3,(H,17,18,19). The molecule has 0 aliphatic rings. The second-order valence-corrected chi connectivity index (χ2v) is 5.95. The number of hydrogen-bond acceptors (Lipinski definition) is 6. The van der Waals surface area contributed by atoms with Crippen LogP contribution in [0.1, 0.15) is 21.7 Å². The first-order chi connectivity index (χ1) is 11.1. The zero-order valence-corrected chi connectivity index (χ0v) is 13.1. The van der Waals surface area contributed by atoms with Crippen molar-refractivity contribution < 1.29 is 14.0 Å². The van der Waals surface area contributed by atoms with E-state index in [1.54, 1.807) is 6.07 Å². The van der Waals surface area contributed by atoms with E-state index in [2.05, 4.69) is 15.2 Å². The van der Waals surface area contributed by atoms with Crippen LogP contribution in [0.25, 0.3) is 0 Å². The topological polar surface area (TPSA) is 88.9 Å². The molecule has 0 unspecified atom stereocenters. The van der Waals surface area contributed by atoms with Crippen molar-refractivity contribution in [3.63, 3.8) is 0 Å². The molecule has 0 aliphatic heterocycles. The zero-order chi connectivity index (χ0) is 16.2. The molecule has 6 nitrogen and oxygen atoms in total. The van der Waals surface area contributed by atoms with Crippen LogP contribution in [0.3, 0.4) is 0 Å². The quantitative estimate of drug-likeness (QED) is 0.553. The molecule has 1 N–H and O–H groups in total. The monoisotopic (exact) mass is 327 g/mol. The second-order valence-electron chi connectivity index (χ2n) is 4.90. The van der Waals surface area contributed by atoms with Crippen molar-refractivity contribution in [3.05, 3.63) is 59.9 Å². The van der Waals surface area contributed by atoms with Crippen molar-refractivity contribution in [2.45, 2.75) is 23.3 Å². The van der Waals surface area contributed by atoms with Gasteiger partial charge in [0, 0.05) is 16.9 Å². The van der Waals surface area contributed by atoms with Gasteiger partial charge < -0.3 is 4.42 Å². The average Bonchev–Trinajstić information content (AvgIpc) is 3.21. The molecule has 2 aromatic heterocycles. The van der Waals surface area contributed by atoms with Crippen molar-refractivity contribution in [3.8, 4) is 0 Å². The molecule has 0 aliphatic carbocycles. The minimum absolute atomic E-state index is 0.0436. The van der Waals surface area contributed by atoms with Crippen molar-refractivity contribution in [1.82, 2.24) is 15.2 Å². The molecule has 0 saturated carbocycles. The van der Waals surface area contributed by atoms with Crippen LogP contribution < -0.4 is 0 Å². The summed E-state index contributed by atoms with van der Waals surface area (Å²) < 4.78 is 5.43. The number of hydrogen-bond donors (Lipinski definition) is 1.